The molecule has 1 unspecified atom stereocenters. The van der Waals surface area contributed by atoms with Crippen molar-refractivity contribution in [1.29, 1.82) is 0 Å². The van der Waals surface area contributed by atoms with Gasteiger partial charge in [-0.25, -0.2) is 8.42 Å². The first-order chi connectivity index (χ1) is 9.56. The van der Waals surface area contributed by atoms with Crippen LogP contribution >= 0.6 is 11.6 Å². The van der Waals surface area contributed by atoms with Gasteiger partial charge in [0.25, 0.3) is 0 Å². The van der Waals surface area contributed by atoms with Crippen LogP contribution in [0.15, 0.2) is 18.2 Å². The molecule has 2 aliphatic heterocycles. The zero-order chi connectivity index (χ0) is 14.2. The number of fused-ring (bicyclic) bond motifs is 1. The van der Waals surface area contributed by atoms with Gasteiger partial charge in [-0.1, -0.05) is 11.6 Å². The van der Waals surface area contributed by atoms with E-state index in [1.165, 1.54) is 4.31 Å². The van der Waals surface area contributed by atoms with E-state index in [2.05, 4.69) is 0 Å². The maximum Gasteiger partial charge on any atom is 0.237 e. The molecule has 0 spiro atoms. The zero-order valence-electron chi connectivity index (χ0n) is 10.9. The predicted octanol–water partition coefficient (Wildman–Crippen LogP) is 2.05. The van der Waals surface area contributed by atoms with Crippen LogP contribution < -0.4 is 9.04 Å². The summed E-state index contributed by atoms with van der Waals surface area (Å²) in [6.45, 7) is 1.30. The summed E-state index contributed by atoms with van der Waals surface area (Å²) in [5.41, 5.74) is 0.516. The van der Waals surface area contributed by atoms with Crippen LogP contribution in [0.2, 0.25) is 5.02 Å². The summed E-state index contributed by atoms with van der Waals surface area (Å²) >= 11 is 5.96. The molecule has 1 aromatic rings. The number of halogens is 1. The molecule has 2 aliphatic rings. The van der Waals surface area contributed by atoms with Crippen LogP contribution in [0.3, 0.4) is 0 Å². The first-order valence-electron chi connectivity index (χ1n) is 6.61. The van der Waals surface area contributed by atoms with Gasteiger partial charge in [0.1, 0.15) is 12.4 Å². The van der Waals surface area contributed by atoms with Crippen molar-refractivity contribution in [2.75, 3.05) is 29.8 Å². The molecule has 7 heteroatoms. The van der Waals surface area contributed by atoms with E-state index in [4.69, 9.17) is 21.1 Å². The molecule has 1 atom stereocenters. The highest BCUT2D eigenvalue weighted by molar-refractivity contribution is 7.92. The molecule has 3 rings (SSSR count). The molecule has 0 N–H and O–H groups in total. The van der Waals surface area contributed by atoms with E-state index in [1.807, 2.05) is 0 Å². The van der Waals surface area contributed by atoms with E-state index >= 15 is 0 Å². The van der Waals surface area contributed by atoms with Crippen LogP contribution in [0, 0.1) is 0 Å². The van der Waals surface area contributed by atoms with Crippen molar-refractivity contribution in [2.24, 2.45) is 0 Å². The minimum absolute atomic E-state index is 0.0129. The Hall–Kier alpha value is -0.980. The molecule has 1 saturated heterocycles. The number of benzene rings is 1. The molecule has 1 aromatic carbocycles. The molecule has 110 valence electrons. The van der Waals surface area contributed by atoms with Gasteiger partial charge in [0.15, 0.2) is 0 Å². The molecule has 1 fully saturated rings. The van der Waals surface area contributed by atoms with Crippen molar-refractivity contribution in [3.05, 3.63) is 23.2 Å². The van der Waals surface area contributed by atoms with Gasteiger partial charge in [0, 0.05) is 11.6 Å². The fourth-order valence-electron chi connectivity index (χ4n) is 2.56. The highest BCUT2D eigenvalue weighted by Gasteiger charge is 2.32. The molecule has 0 aromatic heterocycles. The van der Waals surface area contributed by atoms with Gasteiger partial charge >= 0.3 is 0 Å². The van der Waals surface area contributed by atoms with Crippen LogP contribution in [0.1, 0.15) is 12.8 Å². The highest BCUT2D eigenvalue weighted by Crippen LogP contribution is 2.36. The average molecular weight is 318 g/mol. The summed E-state index contributed by atoms with van der Waals surface area (Å²) in [6, 6.07) is 5.02. The normalized spacial score (nSPS) is 22.4. The lowest BCUT2D eigenvalue weighted by Gasteiger charge is -2.31. The standard InChI is InChI=1S/C13H16ClNO4S/c14-10-3-4-13-12(8-10)15(5-7-19-13)20(16,17)9-11-2-1-6-18-11/h3-4,8,11H,1-2,5-7,9H2. The molecule has 0 saturated carbocycles. The fourth-order valence-corrected chi connectivity index (χ4v) is 4.43. The topological polar surface area (TPSA) is 55.8 Å². The lowest BCUT2D eigenvalue weighted by atomic mass is 10.2. The first-order valence-corrected chi connectivity index (χ1v) is 8.59. The Bertz CT molecular complexity index is 598. The van der Waals surface area contributed by atoms with Crippen LogP contribution in [0.25, 0.3) is 0 Å². The van der Waals surface area contributed by atoms with Gasteiger partial charge in [-0.2, -0.15) is 0 Å². The summed E-state index contributed by atoms with van der Waals surface area (Å²) < 4.78 is 37.4. The van der Waals surface area contributed by atoms with Gasteiger partial charge in [-0.3, -0.25) is 4.31 Å². The van der Waals surface area contributed by atoms with E-state index in [0.29, 0.717) is 36.2 Å². The summed E-state index contributed by atoms with van der Waals surface area (Å²) in [5.74, 6) is 0.565. The van der Waals surface area contributed by atoms with Crippen molar-refractivity contribution >= 4 is 27.3 Å². The van der Waals surface area contributed by atoms with Crippen molar-refractivity contribution < 1.29 is 17.9 Å². The zero-order valence-corrected chi connectivity index (χ0v) is 12.5. The van der Waals surface area contributed by atoms with Gasteiger partial charge in [-0.15, -0.1) is 0 Å². The Labute approximate surface area is 123 Å². The van der Waals surface area contributed by atoms with E-state index < -0.39 is 10.0 Å². The smallest absolute Gasteiger partial charge is 0.237 e. The van der Waals surface area contributed by atoms with Crippen molar-refractivity contribution in [3.63, 3.8) is 0 Å². The number of ether oxygens (including phenoxy) is 2. The summed E-state index contributed by atoms with van der Waals surface area (Å²) in [5, 5.41) is 0.492. The fraction of sp³-hybridized carbons (Fsp3) is 0.538. The number of hydrogen-bond donors (Lipinski definition) is 0. The minimum atomic E-state index is -3.43. The number of hydrogen-bond acceptors (Lipinski definition) is 4. The Morgan fingerprint density at radius 1 is 1.35 bits per heavy atom. The Morgan fingerprint density at radius 2 is 2.20 bits per heavy atom. The van der Waals surface area contributed by atoms with Crippen molar-refractivity contribution in [1.82, 2.24) is 0 Å². The Kier molecular flexibility index (Phi) is 3.79. The van der Waals surface area contributed by atoms with Crippen molar-refractivity contribution in [2.45, 2.75) is 18.9 Å². The molecule has 5 nitrogen and oxygen atoms in total. The second-order valence-electron chi connectivity index (χ2n) is 4.95. The first kappa shape index (κ1) is 14.0. The SMILES string of the molecule is O=S(=O)(CC1CCCO1)N1CCOc2ccc(Cl)cc21. The third-order valence-corrected chi connectivity index (χ3v) is 5.58. The summed E-state index contributed by atoms with van der Waals surface area (Å²) in [4.78, 5) is 0. The molecular formula is C13H16ClNO4S. The quantitative estimate of drug-likeness (QED) is 0.856. The molecule has 0 amide bonds. The maximum absolute atomic E-state index is 12.6. The highest BCUT2D eigenvalue weighted by atomic mass is 35.5. The minimum Gasteiger partial charge on any atom is -0.489 e. The van der Waals surface area contributed by atoms with E-state index in [1.54, 1.807) is 18.2 Å². The van der Waals surface area contributed by atoms with E-state index in [0.717, 1.165) is 12.8 Å². The number of anilines is 1. The molecule has 20 heavy (non-hydrogen) atoms. The number of sulfonamides is 1. The van der Waals surface area contributed by atoms with Crippen LogP contribution in [0.4, 0.5) is 5.69 Å². The van der Waals surface area contributed by atoms with E-state index in [9.17, 15) is 8.42 Å². The van der Waals surface area contributed by atoms with Crippen LogP contribution in [-0.2, 0) is 14.8 Å². The number of nitrogens with zero attached hydrogens (tertiary/aromatic N) is 1. The van der Waals surface area contributed by atoms with Gasteiger partial charge in [0.2, 0.25) is 10.0 Å². The van der Waals surface area contributed by atoms with Crippen LogP contribution in [0.5, 0.6) is 5.75 Å². The van der Waals surface area contributed by atoms with Gasteiger partial charge in [-0.05, 0) is 31.0 Å². The maximum atomic E-state index is 12.6. The van der Waals surface area contributed by atoms with Gasteiger partial charge < -0.3 is 9.47 Å². The summed E-state index contributed by atoms with van der Waals surface area (Å²) in [7, 11) is -3.43. The van der Waals surface area contributed by atoms with Gasteiger partial charge in [0.05, 0.1) is 24.1 Å². The number of rotatable bonds is 3. The lowest BCUT2D eigenvalue weighted by Crippen LogP contribution is -2.41. The second-order valence-corrected chi connectivity index (χ2v) is 7.32. The second kappa shape index (κ2) is 5.42. The lowest BCUT2D eigenvalue weighted by molar-refractivity contribution is 0.127. The third-order valence-electron chi connectivity index (χ3n) is 3.50. The van der Waals surface area contributed by atoms with E-state index in [-0.39, 0.29) is 11.9 Å². The summed E-state index contributed by atoms with van der Waals surface area (Å²) in [6.07, 6.45) is 1.52. The molecular weight excluding hydrogens is 302 g/mol. The third kappa shape index (κ3) is 2.73. The molecule has 0 bridgehead atoms. The predicted molar refractivity (Wildman–Crippen MR) is 77.1 cm³/mol. The Morgan fingerprint density at radius 3 is 2.95 bits per heavy atom. The Balaban J connectivity index is 1.88. The largest absolute Gasteiger partial charge is 0.489 e. The van der Waals surface area contributed by atoms with Crippen molar-refractivity contribution in [3.8, 4) is 5.75 Å². The molecule has 0 aliphatic carbocycles. The molecule has 2 heterocycles. The molecule has 0 radical (unpaired) electrons. The average Bonchev–Trinajstić information content (AvgIpc) is 2.90. The van der Waals surface area contributed by atoms with Crippen LogP contribution in [-0.4, -0.2) is 40.0 Å². The monoisotopic (exact) mass is 317 g/mol.